The number of aliphatic hydroxyl groups is 1. The Kier molecular flexibility index (Phi) is 5.00. The van der Waals surface area contributed by atoms with Crippen molar-refractivity contribution in [3.05, 3.63) is 76.1 Å². The molecule has 0 unspecified atom stereocenters. The van der Waals surface area contributed by atoms with Crippen LogP contribution in [0.3, 0.4) is 0 Å². The Morgan fingerprint density at radius 1 is 1.00 bits per heavy atom. The molecule has 114 valence electrons. The Hall–Kier alpha value is -1.95. The van der Waals surface area contributed by atoms with Crippen LogP contribution in [-0.4, -0.2) is 15.0 Å². The summed E-state index contributed by atoms with van der Waals surface area (Å²) in [4.78, 5) is 6.65. The van der Waals surface area contributed by atoms with Gasteiger partial charge >= 0.3 is 0 Å². The summed E-state index contributed by atoms with van der Waals surface area (Å²) in [5, 5.41) is 12.2. The van der Waals surface area contributed by atoms with E-state index in [-0.39, 0.29) is 6.61 Å². The Morgan fingerprint density at radius 2 is 1.82 bits per heavy atom. The molecule has 22 heavy (non-hydrogen) atoms. The molecule has 3 aromatic rings. The molecule has 0 radical (unpaired) electrons. The molecule has 2 aromatic heterocycles. The fourth-order valence-electron chi connectivity index (χ4n) is 2.34. The zero-order valence-corrected chi connectivity index (χ0v) is 13.0. The summed E-state index contributed by atoms with van der Waals surface area (Å²) in [6.45, 7) is 2.23. The minimum atomic E-state index is -0.0643. The maximum absolute atomic E-state index is 9.11. The van der Waals surface area contributed by atoms with Gasteiger partial charge in [0.1, 0.15) is 23.1 Å². The van der Waals surface area contributed by atoms with Crippen LogP contribution in [0.25, 0.3) is 0 Å². The molecule has 2 heterocycles. The number of aromatic nitrogens is 1. The van der Waals surface area contributed by atoms with Gasteiger partial charge in [-0.05, 0) is 17.7 Å². The number of nitrogens with zero attached hydrogens (tertiary/aromatic N) is 2. The third kappa shape index (κ3) is 4.04. The standard InChI is InChI=1S/C17H18N2O2S/c20-13-16-7-6-15(21-16)11-19(12-17-18-8-9-22-17)10-14-4-2-1-3-5-14/h1-9,20H,10-13H2. The number of thiazole rings is 1. The maximum atomic E-state index is 9.11. The molecule has 4 nitrogen and oxygen atoms in total. The van der Waals surface area contributed by atoms with Crippen LogP contribution in [-0.2, 0) is 26.2 Å². The molecule has 3 rings (SSSR count). The summed E-state index contributed by atoms with van der Waals surface area (Å²) >= 11 is 1.66. The molecule has 0 aliphatic heterocycles. The summed E-state index contributed by atoms with van der Waals surface area (Å²) in [5.74, 6) is 1.46. The molecule has 0 amide bonds. The second-order valence-corrected chi connectivity index (χ2v) is 6.06. The number of hydrogen-bond acceptors (Lipinski definition) is 5. The van der Waals surface area contributed by atoms with Gasteiger partial charge in [0.15, 0.2) is 0 Å². The highest BCUT2D eigenvalue weighted by Crippen LogP contribution is 2.17. The quantitative estimate of drug-likeness (QED) is 0.726. The van der Waals surface area contributed by atoms with E-state index in [4.69, 9.17) is 9.52 Å². The first-order valence-corrected chi connectivity index (χ1v) is 8.04. The van der Waals surface area contributed by atoms with Gasteiger partial charge in [0, 0.05) is 18.1 Å². The molecule has 0 aliphatic carbocycles. The van der Waals surface area contributed by atoms with E-state index in [9.17, 15) is 0 Å². The van der Waals surface area contributed by atoms with Gasteiger partial charge in [-0.25, -0.2) is 4.98 Å². The summed E-state index contributed by atoms with van der Waals surface area (Å²) in [5.41, 5.74) is 1.26. The van der Waals surface area contributed by atoms with Gasteiger partial charge in [-0.2, -0.15) is 0 Å². The van der Waals surface area contributed by atoms with E-state index in [0.29, 0.717) is 12.3 Å². The van der Waals surface area contributed by atoms with Gasteiger partial charge < -0.3 is 9.52 Å². The Labute approximate surface area is 133 Å². The average molecular weight is 314 g/mol. The predicted octanol–water partition coefficient (Wildman–Crippen LogP) is 3.43. The maximum Gasteiger partial charge on any atom is 0.129 e. The topological polar surface area (TPSA) is 49.5 Å². The number of benzene rings is 1. The van der Waals surface area contributed by atoms with Crippen molar-refractivity contribution in [3.8, 4) is 0 Å². The van der Waals surface area contributed by atoms with Crippen molar-refractivity contribution in [2.45, 2.75) is 26.2 Å². The minimum Gasteiger partial charge on any atom is -0.462 e. The lowest BCUT2D eigenvalue weighted by Gasteiger charge is -2.20. The number of rotatable bonds is 7. The van der Waals surface area contributed by atoms with Crippen molar-refractivity contribution in [1.29, 1.82) is 0 Å². The third-order valence-corrected chi connectivity index (χ3v) is 4.11. The van der Waals surface area contributed by atoms with Gasteiger partial charge in [0.25, 0.3) is 0 Å². The Morgan fingerprint density at radius 3 is 2.50 bits per heavy atom. The van der Waals surface area contributed by atoms with E-state index in [2.05, 4.69) is 22.0 Å². The van der Waals surface area contributed by atoms with Crippen LogP contribution in [0.4, 0.5) is 0 Å². The predicted molar refractivity (Wildman–Crippen MR) is 86.1 cm³/mol. The molecule has 0 aliphatic rings. The van der Waals surface area contributed by atoms with Crippen LogP contribution in [0.2, 0.25) is 0 Å². The fourth-order valence-corrected chi connectivity index (χ4v) is 3.00. The van der Waals surface area contributed by atoms with E-state index in [1.54, 1.807) is 11.3 Å². The first-order valence-electron chi connectivity index (χ1n) is 7.16. The lowest BCUT2D eigenvalue weighted by molar-refractivity contribution is 0.208. The van der Waals surface area contributed by atoms with Crippen LogP contribution in [0.5, 0.6) is 0 Å². The van der Waals surface area contributed by atoms with Gasteiger partial charge in [0.05, 0.1) is 13.1 Å². The van der Waals surface area contributed by atoms with Gasteiger partial charge in [0.2, 0.25) is 0 Å². The highest BCUT2D eigenvalue weighted by Gasteiger charge is 2.12. The smallest absolute Gasteiger partial charge is 0.129 e. The zero-order valence-electron chi connectivity index (χ0n) is 12.2. The first-order chi connectivity index (χ1) is 10.8. The van der Waals surface area contributed by atoms with Crippen LogP contribution in [0.1, 0.15) is 22.1 Å². The summed E-state index contributed by atoms with van der Waals surface area (Å²) < 4.78 is 5.61. The Balaban J connectivity index is 1.73. The fraction of sp³-hybridized carbons (Fsp3) is 0.235. The average Bonchev–Trinajstić information content (AvgIpc) is 3.20. The Bertz CT molecular complexity index is 680. The lowest BCUT2D eigenvalue weighted by atomic mass is 10.2. The summed E-state index contributed by atoms with van der Waals surface area (Å²) in [7, 11) is 0. The van der Waals surface area contributed by atoms with E-state index < -0.39 is 0 Å². The van der Waals surface area contributed by atoms with E-state index in [1.807, 2.05) is 41.9 Å². The second-order valence-electron chi connectivity index (χ2n) is 5.08. The molecular weight excluding hydrogens is 296 g/mol. The third-order valence-electron chi connectivity index (χ3n) is 3.34. The van der Waals surface area contributed by atoms with E-state index in [0.717, 1.165) is 23.9 Å². The molecule has 0 spiro atoms. The van der Waals surface area contributed by atoms with Crippen LogP contribution >= 0.6 is 11.3 Å². The van der Waals surface area contributed by atoms with Gasteiger partial charge in [-0.15, -0.1) is 11.3 Å². The van der Waals surface area contributed by atoms with Crippen molar-refractivity contribution < 1.29 is 9.52 Å². The highest BCUT2D eigenvalue weighted by atomic mass is 32.1. The highest BCUT2D eigenvalue weighted by molar-refractivity contribution is 7.09. The van der Waals surface area contributed by atoms with Crippen molar-refractivity contribution in [2.75, 3.05) is 0 Å². The monoisotopic (exact) mass is 314 g/mol. The normalized spacial score (nSPS) is 11.2. The van der Waals surface area contributed by atoms with Gasteiger partial charge in [-0.1, -0.05) is 30.3 Å². The molecule has 0 atom stereocenters. The molecule has 0 bridgehead atoms. The first kappa shape index (κ1) is 15.0. The molecule has 5 heteroatoms. The number of furan rings is 1. The van der Waals surface area contributed by atoms with Gasteiger partial charge in [-0.3, -0.25) is 4.90 Å². The molecule has 0 saturated heterocycles. The van der Waals surface area contributed by atoms with Crippen molar-refractivity contribution in [1.82, 2.24) is 9.88 Å². The summed E-state index contributed by atoms with van der Waals surface area (Å²) in [6.07, 6.45) is 1.83. The van der Waals surface area contributed by atoms with E-state index >= 15 is 0 Å². The van der Waals surface area contributed by atoms with Crippen LogP contribution in [0, 0.1) is 0 Å². The van der Waals surface area contributed by atoms with Crippen molar-refractivity contribution in [3.63, 3.8) is 0 Å². The number of aliphatic hydroxyl groups excluding tert-OH is 1. The van der Waals surface area contributed by atoms with Crippen LogP contribution < -0.4 is 0 Å². The molecule has 1 aromatic carbocycles. The molecular formula is C17H18N2O2S. The second kappa shape index (κ2) is 7.35. The SMILES string of the molecule is OCc1ccc(CN(Cc2ccccc2)Cc2nccs2)o1. The lowest BCUT2D eigenvalue weighted by Crippen LogP contribution is -2.22. The summed E-state index contributed by atoms with van der Waals surface area (Å²) in [6, 6.07) is 14.1. The molecule has 0 fully saturated rings. The van der Waals surface area contributed by atoms with Crippen LogP contribution in [0.15, 0.2) is 58.5 Å². The van der Waals surface area contributed by atoms with Crippen molar-refractivity contribution in [2.24, 2.45) is 0 Å². The molecule has 1 N–H and O–H groups in total. The zero-order chi connectivity index (χ0) is 15.2. The molecule has 0 saturated carbocycles. The largest absolute Gasteiger partial charge is 0.462 e. The minimum absolute atomic E-state index is 0.0643. The van der Waals surface area contributed by atoms with E-state index in [1.165, 1.54) is 5.56 Å². The number of hydrogen-bond donors (Lipinski definition) is 1. The van der Waals surface area contributed by atoms with Crippen molar-refractivity contribution >= 4 is 11.3 Å².